The smallest absolute Gasteiger partial charge is 0.332 e. The highest BCUT2D eigenvalue weighted by Crippen LogP contribution is 2.30. The van der Waals surface area contributed by atoms with Crippen molar-refractivity contribution in [2.75, 3.05) is 19.8 Å². The lowest BCUT2D eigenvalue weighted by molar-refractivity contribution is -0.153. The Labute approximate surface area is 97.5 Å². The third-order valence-electron chi connectivity index (χ3n) is 3.04. The lowest BCUT2D eigenvalue weighted by Gasteiger charge is -2.17. The molecule has 1 aliphatic carbocycles. The van der Waals surface area contributed by atoms with Crippen molar-refractivity contribution in [2.45, 2.75) is 39.2 Å². The van der Waals surface area contributed by atoms with Crippen LogP contribution in [0.25, 0.3) is 0 Å². The Balaban J connectivity index is 2.12. The minimum Gasteiger partial charge on any atom is -0.461 e. The van der Waals surface area contributed by atoms with Crippen LogP contribution in [0.2, 0.25) is 0 Å². The largest absolute Gasteiger partial charge is 0.461 e. The summed E-state index contributed by atoms with van der Waals surface area (Å²) in [5.41, 5.74) is 5.67. The minimum atomic E-state index is -0.280. The summed E-state index contributed by atoms with van der Waals surface area (Å²) in [5.74, 6) is 0.815. The summed E-state index contributed by atoms with van der Waals surface area (Å²) < 4.78 is 10.4. The summed E-state index contributed by atoms with van der Waals surface area (Å²) in [6.07, 6.45) is 3.52. The van der Waals surface area contributed by atoms with Crippen LogP contribution in [0.1, 0.15) is 33.1 Å². The van der Waals surface area contributed by atoms with Crippen molar-refractivity contribution >= 4 is 5.97 Å². The molecule has 2 atom stereocenters. The molecule has 0 spiro atoms. The lowest BCUT2D eigenvalue weighted by Crippen LogP contribution is -2.24. The number of rotatable bonds is 6. The molecule has 1 saturated carbocycles. The van der Waals surface area contributed by atoms with Crippen molar-refractivity contribution in [3.8, 4) is 0 Å². The van der Waals surface area contributed by atoms with Gasteiger partial charge in [-0.1, -0.05) is 6.42 Å². The Bertz CT molecular complexity index is 218. The van der Waals surface area contributed by atoms with Crippen LogP contribution in [-0.2, 0) is 14.3 Å². The molecule has 0 aromatic heterocycles. The molecule has 0 saturated heterocycles. The van der Waals surface area contributed by atoms with Gasteiger partial charge < -0.3 is 15.2 Å². The molecule has 0 heterocycles. The molecule has 4 nitrogen and oxygen atoms in total. The van der Waals surface area contributed by atoms with E-state index in [1.54, 1.807) is 0 Å². The van der Waals surface area contributed by atoms with E-state index >= 15 is 0 Å². The highest BCUT2D eigenvalue weighted by atomic mass is 16.6. The first-order valence-corrected chi connectivity index (χ1v) is 6.10. The van der Waals surface area contributed by atoms with Gasteiger partial charge in [-0.05, 0) is 45.1 Å². The van der Waals surface area contributed by atoms with Gasteiger partial charge in [0.05, 0.1) is 12.7 Å². The second kappa shape index (κ2) is 6.86. The molecule has 0 aromatic rings. The predicted octanol–water partition coefficient (Wildman–Crippen LogP) is 1.33. The van der Waals surface area contributed by atoms with E-state index in [1.165, 1.54) is 19.3 Å². The summed E-state index contributed by atoms with van der Waals surface area (Å²) in [7, 11) is 0. The molecule has 2 N–H and O–H groups in total. The van der Waals surface area contributed by atoms with Crippen LogP contribution in [0.3, 0.4) is 0 Å². The van der Waals surface area contributed by atoms with Gasteiger partial charge in [0.1, 0.15) is 6.61 Å². The van der Waals surface area contributed by atoms with Gasteiger partial charge in [-0.25, -0.2) is 4.79 Å². The number of esters is 1. The third-order valence-corrected chi connectivity index (χ3v) is 3.04. The van der Waals surface area contributed by atoms with Crippen molar-refractivity contribution in [2.24, 2.45) is 17.6 Å². The average Bonchev–Trinajstić information content (AvgIpc) is 2.64. The molecule has 2 unspecified atom stereocenters. The molecule has 0 aromatic carbocycles. The van der Waals surface area contributed by atoms with E-state index in [9.17, 15) is 4.79 Å². The lowest BCUT2D eigenvalue weighted by atomic mass is 9.97. The molecule has 0 aliphatic heterocycles. The summed E-state index contributed by atoms with van der Waals surface area (Å²) in [4.78, 5) is 11.2. The van der Waals surface area contributed by atoms with E-state index in [1.807, 2.05) is 13.8 Å². The van der Waals surface area contributed by atoms with Crippen LogP contribution in [0.15, 0.2) is 0 Å². The second-order valence-corrected chi connectivity index (χ2v) is 4.74. The van der Waals surface area contributed by atoms with Crippen molar-refractivity contribution in [3.63, 3.8) is 0 Å². The Morgan fingerprint density at radius 2 is 2.06 bits per heavy atom. The maximum atomic E-state index is 11.2. The number of carbonyl (C=O) groups excluding carboxylic acids is 1. The second-order valence-electron chi connectivity index (χ2n) is 4.74. The Kier molecular flexibility index (Phi) is 5.77. The number of nitrogens with two attached hydrogens (primary N) is 1. The van der Waals surface area contributed by atoms with Crippen molar-refractivity contribution in [3.05, 3.63) is 0 Å². The molecule has 4 heteroatoms. The molecule has 16 heavy (non-hydrogen) atoms. The number of ether oxygens (including phenoxy) is 2. The first kappa shape index (κ1) is 13.5. The minimum absolute atomic E-state index is 0.0615. The van der Waals surface area contributed by atoms with Gasteiger partial charge in [0, 0.05) is 0 Å². The van der Waals surface area contributed by atoms with E-state index in [-0.39, 0.29) is 18.7 Å². The summed E-state index contributed by atoms with van der Waals surface area (Å²) >= 11 is 0. The highest BCUT2D eigenvalue weighted by Gasteiger charge is 2.26. The number of hydrogen-bond donors (Lipinski definition) is 1. The van der Waals surface area contributed by atoms with Crippen molar-refractivity contribution in [1.29, 1.82) is 0 Å². The van der Waals surface area contributed by atoms with Gasteiger partial charge >= 0.3 is 5.97 Å². The van der Waals surface area contributed by atoms with Crippen LogP contribution >= 0.6 is 0 Å². The number of carbonyl (C=O) groups is 1. The van der Waals surface area contributed by atoms with Gasteiger partial charge in [0.25, 0.3) is 0 Å². The zero-order chi connectivity index (χ0) is 12.0. The Morgan fingerprint density at radius 3 is 2.69 bits per heavy atom. The summed E-state index contributed by atoms with van der Waals surface area (Å²) in [5, 5.41) is 0. The monoisotopic (exact) mass is 229 g/mol. The van der Waals surface area contributed by atoms with E-state index in [0.29, 0.717) is 18.4 Å². The highest BCUT2D eigenvalue weighted by molar-refractivity contribution is 5.70. The van der Waals surface area contributed by atoms with Crippen molar-refractivity contribution < 1.29 is 14.3 Å². The topological polar surface area (TPSA) is 61.5 Å². The van der Waals surface area contributed by atoms with E-state index < -0.39 is 0 Å². The molecule has 1 fully saturated rings. The van der Waals surface area contributed by atoms with Crippen molar-refractivity contribution in [1.82, 2.24) is 0 Å². The molecule has 0 amide bonds. The standard InChI is InChI=1S/C12H23NO3/c1-9(2)16-12(14)8-15-7-11-5-3-4-10(11)6-13/h9-11H,3-8,13H2,1-2H3. The molecule has 0 radical (unpaired) electrons. The van der Waals surface area contributed by atoms with Gasteiger partial charge in [0.2, 0.25) is 0 Å². The van der Waals surface area contributed by atoms with Gasteiger partial charge in [0.15, 0.2) is 0 Å². The average molecular weight is 229 g/mol. The van der Waals surface area contributed by atoms with Gasteiger partial charge in [-0.15, -0.1) is 0 Å². The van der Waals surface area contributed by atoms with Crippen LogP contribution in [0, 0.1) is 11.8 Å². The van der Waals surface area contributed by atoms with E-state index in [0.717, 1.165) is 6.54 Å². The molecule has 1 rings (SSSR count). The quantitative estimate of drug-likeness (QED) is 0.698. The van der Waals surface area contributed by atoms with Gasteiger partial charge in [-0.2, -0.15) is 0 Å². The van der Waals surface area contributed by atoms with E-state index in [2.05, 4.69) is 0 Å². The fourth-order valence-electron chi connectivity index (χ4n) is 2.23. The molecule has 1 aliphatic rings. The summed E-state index contributed by atoms with van der Waals surface area (Å²) in [6, 6.07) is 0. The Morgan fingerprint density at radius 1 is 1.38 bits per heavy atom. The molecular formula is C12H23NO3. The maximum absolute atomic E-state index is 11.2. The van der Waals surface area contributed by atoms with Crippen LogP contribution in [-0.4, -0.2) is 31.8 Å². The van der Waals surface area contributed by atoms with E-state index in [4.69, 9.17) is 15.2 Å². The van der Waals surface area contributed by atoms with Crippen LogP contribution in [0.5, 0.6) is 0 Å². The Hall–Kier alpha value is -0.610. The first-order chi connectivity index (χ1) is 7.63. The summed E-state index contributed by atoms with van der Waals surface area (Å²) in [6.45, 7) is 5.09. The normalized spacial score (nSPS) is 25.0. The zero-order valence-electron chi connectivity index (χ0n) is 10.3. The van der Waals surface area contributed by atoms with Crippen LogP contribution < -0.4 is 5.73 Å². The molecule has 0 bridgehead atoms. The molecule has 94 valence electrons. The fourth-order valence-corrected chi connectivity index (χ4v) is 2.23. The third kappa shape index (κ3) is 4.49. The van der Waals surface area contributed by atoms with Gasteiger partial charge in [-0.3, -0.25) is 0 Å². The predicted molar refractivity (Wildman–Crippen MR) is 61.9 cm³/mol. The molecular weight excluding hydrogens is 206 g/mol. The maximum Gasteiger partial charge on any atom is 0.332 e. The fraction of sp³-hybridized carbons (Fsp3) is 0.917. The zero-order valence-corrected chi connectivity index (χ0v) is 10.3. The SMILES string of the molecule is CC(C)OC(=O)COCC1CCCC1CN. The number of hydrogen-bond acceptors (Lipinski definition) is 4. The van der Waals surface area contributed by atoms with Crippen LogP contribution in [0.4, 0.5) is 0 Å². The first-order valence-electron chi connectivity index (χ1n) is 6.10.